The van der Waals surface area contributed by atoms with Gasteiger partial charge in [-0.05, 0) is 12.8 Å². The predicted molar refractivity (Wildman–Crippen MR) is 74.6 cm³/mol. The lowest BCUT2D eigenvalue weighted by Gasteiger charge is -2.14. The number of hydrogen-bond donors (Lipinski definition) is 5. The molecule has 0 heterocycles. The quantitative estimate of drug-likeness (QED) is 0.192. The van der Waals surface area contributed by atoms with Crippen molar-refractivity contribution in [2.75, 3.05) is 40.0 Å². The molecule has 9 nitrogen and oxygen atoms in total. The zero-order chi connectivity index (χ0) is 16.1. The smallest absolute Gasteiger partial charge is 0.320 e. The second kappa shape index (κ2) is 12.5. The molecule has 9 heteroatoms. The number of aliphatic hydroxyl groups excluding tert-OH is 1. The van der Waals surface area contributed by atoms with Gasteiger partial charge in [0.15, 0.2) is 0 Å². The molecular weight excluding hydrogens is 282 g/mol. The van der Waals surface area contributed by atoms with E-state index in [9.17, 15) is 14.7 Å². The summed E-state index contributed by atoms with van der Waals surface area (Å²) in [7, 11) is 1.53. The first-order valence-electron chi connectivity index (χ1n) is 6.73. The minimum Gasteiger partial charge on any atom is -0.480 e. The average Bonchev–Trinajstić information content (AvgIpc) is 2.46. The van der Waals surface area contributed by atoms with Gasteiger partial charge in [-0.15, -0.1) is 0 Å². The summed E-state index contributed by atoms with van der Waals surface area (Å²) in [5.41, 5.74) is 5.31. The van der Waals surface area contributed by atoms with Crippen molar-refractivity contribution in [1.82, 2.24) is 10.6 Å². The third-order valence-corrected chi connectivity index (χ3v) is 2.58. The molecule has 0 bridgehead atoms. The van der Waals surface area contributed by atoms with Crippen LogP contribution in [-0.4, -0.2) is 74.4 Å². The number of carbonyl (C=O) groups excluding carboxylic acids is 1. The highest BCUT2D eigenvalue weighted by Crippen LogP contribution is 1.97. The number of carboxylic acids is 1. The van der Waals surface area contributed by atoms with Crippen molar-refractivity contribution in [1.29, 1.82) is 0 Å². The van der Waals surface area contributed by atoms with Gasteiger partial charge in [0.2, 0.25) is 5.91 Å². The summed E-state index contributed by atoms with van der Waals surface area (Å²) in [6, 6.07) is -0.963. The maximum absolute atomic E-state index is 10.8. The van der Waals surface area contributed by atoms with Gasteiger partial charge < -0.3 is 30.7 Å². The molecule has 0 aromatic rings. The third kappa shape index (κ3) is 12.2. The maximum Gasteiger partial charge on any atom is 0.320 e. The van der Waals surface area contributed by atoms with Crippen molar-refractivity contribution in [2.24, 2.45) is 5.73 Å². The minimum absolute atomic E-state index is 0.000652. The molecule has 0 radical (unpaired) electrons. The summed E-state index contributed by atoms with van der Waals surface area (Å²) in [5, 5.41) is 23.3. The van der Waals surface area contributed by atoms with Crippen LogP contribution in [0, 0.1) is 0 Å². The maximum atomic E-state index is 10.8. The molecule has 6 N–H and O–H groups in total. The molecule has 0 aliphatic heterocycles. The molecule has 0 aromatic carbocycles. The Hall–Kier alpha value is -1.26. The minimum atomic E-state index is -1.08. The van der Waals surface area contributed by atoms with Gasteiger partial charge in [0, 0.05) is 13.6 Å². The lowest BCUT2D eigenvalue weighted by molar-refractivity contribution is -0.138. The topological polar surface area (TPSA) is 143 Å². The molecule has 0 aliphatic rings. The molecular formula is C12H25N3O6. The Kier molecular flexibility index (Phi) is 11.7. The highest BCUT2D eigenvalue weighted by Gasteiger charge is 2.13. The Morgan fingerprint density at radius 2 is 1.86 bits per heavy atom. The normalized spacial score (nSPS) is 13.7. The fourth-order valence-electron chi connectivity index (χ4n) is 1.32. The first-order chi connectivity index (χ1) is 9.97. The number of hydrogen-bond acceptors (Lipinski definition) is 7. The summed E-state index contributed by atoms with van der Waals surface area (Å²) in [6.45, 7) is 1.44. The van der Waals surface area contributed by atoms with E-state index in [0.717, 1.165) is 0 Å². The fourth-order valence-corrected chi connectivity index (χ4v) is 1.32. The van der Waals surface area contributed by atoms with E-state index in [2.05, 4.69) is 10.6 Å². The van der Waals surface area contributed by atoms with Gasteiger partial charge in [0.25, 0.3) is 0 Å². The van der Waals surface area contributed by atoms with E-state index in [1.54, 1.807) is 0 Å². The Morgan fingerprint density at radius 1 is 1.19 bits per heavy atom. The van der Waals surface area contributed by atoms with Gasteiger partial charge in [-0.1, -0.05) is 0 Å². The van der Waals surface area contributed by atoms with E-state index in [-0.39, 0.29) is 25.4 Å². The SMILES string of the molecule is CNC(=O)COCCOCCNC(O)CCC(N)C(=O)O. The van der Waals surface area contributed by atoms with Crippen LogP contribution in [-0.2, 0) is 19.1 Å². The van der Waals surface area contributed by atoms with Gasteiger partial charge in [-0.25, -0.2) is 0 Å². The van der Waals surface area contributed by atoms with Crippen molar-refractivity contribution < 1.29 is 29.3 Å². The summed E-state index contributed by atoms with van der Waals surface area (Å²) in [5.74, 6) is -1.28. The number of aliphatic hydroxyl groups is 1. The zero-order valence-corrected chi connectivity index (χ0v) is 12.2. The van der Waals surface area contributed by atoms with Crippen LogP contribution < -0.4 is 16.4 Å². The largest absolute Gasteiger partial charge is 0.480 e. The second-order valence-corrected chi connectivity index (χ2v) is 4.33. The standard InChI is InChI=1S/C12H25N3O6/c1-14-11(17)8-21-7-6-20-5-4-15-10(16)3-2-9(13)12(18)19/h9-10,15-16H,2-8,13H2,1H3,(H,14,17)(H,18,19). The molecule has 2 atom stereocenters. The van der Waals surface area contributed by atoms with Crippen molar-refractivity contribution in [2.45, 2.75) is 25.1 Å². The van der Waals surface area contributed by atoms with Crippen LogP contribution in [0.15, 0.2) is 0 Å². The van der Waals surface area contributed by atoms with Crippen molar-refractivity contribution in [3.05, 3.63) is 0 Å². The highest BCUT2D eigenvalue weighted by atomic mass is 16.5. The number of carboxylic acid groups (broad SMARTS) is 1. The fraction of sp³-hybridized carbons (Fsp3) is 0.833. The third-order valence-electron chi connectivity index (χ3n) is 2.58. The van der Waals surface area contributed by atoms with E-state index in [1.807, 2.05) is 0 Å². The summed E-state index contributed by atoms with van der Waals surface area (Å²) >= 11 is 0. The number of nitrogens with two attached hydrogens (primary N) is 1. The van der Waals surface area contributed by atoms with Crippen LogP contribution in [0.4, 0.5) is 0 Å². The van der Waals surface area contributed by atoms with Gasteiger partial charge in [0.05, 0.1) is 19.8 Å². The summed E-state index contributed by atoms with van der Waals surface area (Å²) < 4.78 is 10.2. The second-order valence-electron chi connectivity index (χ2n) is 4.33. The molecule has 0 rings (SSSR count). The monoisotopic (exact) mass is 307 g/mol. The number of ether oxygens (including phenoxy) is 2. The molecule has 124 valence electrons. The van der Waals surface area contributed by atoms with Crippen LogP contribution in [0.1, 0.15) is 12.8 Å². The molecule has 21 heavy (non-hydrogen) atoms. The number of nitrogens with one attached hydrogen (secondary N) is 2. The summed E-state index contributed by atoms with van der Waals surface area (Å²) in [4.78, 5) is 21.3. The number of aliphatic carboxylic acids is 1. The van der Waals surface area contributed by atoms with Gasteiger partial charge in [-0.3, -0.25) is 14.9 Å². The van der Waals surface area contributed by atoms with Crippen molar-refractivity contribution in [3.63, 3.8) is 0 Å². The number of carbonyl (C=O) groups is 2. The average molecular weight is 307 g/mol. The predicted octanol–water partition coefficient (Wildman–Crippen LogP) is -2.13. The van der Waals surface area contributed by atoms with E-state index in [4.69, 9.17) is 20.3 Å². The van der Waals surface area contributed by atoms with Gasteiger partial charge in [0.1, 0.15) is 18.9 Å². The number of rotatable bonds is 13. The number of likely N-dealkylation sites (N-methyl/N-ethyl adjacent to an activating group) is 1. The summed E-state index contributed by atoms with van der Waals surface area (Å²) in [6.07, 6.45) is -0.371. The Labute approximate surface area is 123 Å². The molecule has 0 aromatic heterocycles. The first-order valence-corrected chi connectivity index (χ1v) is 6.73. The molecule has 0 saturated heterocycles. The van der Waals surface area contributed by atoms with Gasteiger partial charge in [-0.2, -0.15) is 0 Å². The Balaban J connectivity index is 3.34. The lowest BCUT2D eigenvalue weighted by atomic mass is 10.1. The molecule has 0 fully saturated rings. The van der Waals surface area contributed by atoms with Crippen molar-refractivity contribution >= 4 is 11.9 Å². The van der Waals surface area contributed by atoms with E-state index >= 15 is 0 Å². The van der Waals surface area contributed by atoms with E-state index < -0.39 is 18.2 Å². The lowest BCUT2D eigenvalue weighted by Crippen LogP contribution is -2.36. The van der Waals surface area contributed by atoms with Crippen LogP contribution in [0.3, 0.4) is 0 Å². The highest BCUT2D eigenvalue weighted by molar-refractivity contribution is 5.76. The molecule has 0 aliphatic carbocycles. The first kappa shape index (κ1) is 19.7. The van der Waals surface area contributed by atoms with Crippen LogP contribution in [0.2, 0.25) is 0 Å². The van der Waals surface area contributed by atoms with Crippen molar-refractivity contribution in [3.8, 4) is 0 Å². The van der Waals surface area contributed by atoms with E-state index in [0.29, 0.717) is 26.4 Å². The van der Waals surface area contributed by atoms with Crippen LogP contribution in [0.25, 0.3) is 0 Å². The van der Waals surface area contributed by atoms with Crippen LogP contribution in [0.5, 0.6) is 0 Å². The van der Waals surface area contributed by atoms with Gasteiger partial charge >= 0.3 is 5.97 Å². The van der Waals surface area contributed by atoms with E-state index in [1.165, 1.54) is 7.05 Å². The Morgan fingerprint density at radius 3 is 2.48 bits per heavy atom. The van der Waals surface area contributed by atoms with Crippen LogP contribution >= 0.6 is 0 Å². The molecule has 2 unspecified atom stereocenters. The molecule has 1 amide bonds. The zero-order valence-electron chi connectivity index (χ0n) is 12.2. The Bertz CT molecular complexity index is 303. The molecule has 0 spiro atoms. The number of amides is 1. The molecule has 0 saturated carbocycles.